The summed E-state index contributed by atoms with van der Waals surface area (Å²) >= 11 is 0. The normalized spacial score (nSPS) is 16.2. The first-order valence-electron chi connectivity index (χ1n) is 9.04. The second-order valence-electron chi connectivity index (χ2n) is 7.03. The molecule has 0 aliphatic carbocycles. The average molecular weight is 350 g/mol. The zero-order chi connectivity index (χ0) is 17.9. The Morgan fingerprint density at radius 2 is 1.81 bits per heavy atom. The zero-order valence-electron chi connectivity index (χ0n) is 14.6. The van der Waals surface area contributed by atoms with E-state index in [9.17, 15) is 10.1 Å². The van der Waals surface area contributed by atoms with Crippen molar-refractivity contribution >= 4 is 16.7 Å². The number of fused-ring (bicyclic) bond motifs is 1. The van der Waals surface area contributed by atoms with Crippen LogP contribution in [0, 0.1) is 16.0 Å². The third-order valence-corrected chi connectivity index (χ3v) is 5.24. The van der Waals surface area contributed by atoms with Gasteiger partial charge in [-0.3, -0.25) is 15.0 Å². The Hall–Kier alpha value is -2.73. The van der Waals surface area contributed by atoms with Crippen LogP contribution in [0.4, 0.5) is 5.69 Å². The zero-order valence-corrected chi connectivity index (χ0v) is 14.6. The number of aromatic nitrogens is 2. The van der Waals surface area contributed by atoms with Crippen LogP contribution < -0.4 is 0 Å². The summed E-state index contributed by atoms with van der Waals surface area (Å²) in [5, 5.41) is 10.7. The summed E-state index contributed by atoms with van der Waals surface area (Å²) in [7, 11) is 0. The van der Waals surface area contributed by atoms with Gasteiger partial charge < -0.3 is 4.57 Å². The third-order valence-electron chi connectivity index (χ3n) is 5.24. The van der Waals surface area contributed by atoms with Crippen LogP contribution in [0.5, 0.6) is 0 Å². The van der Waals surface area contributed by atoms with Gasteiger partial charge in [0.15, 0.2) is 0 Å². The van der Waals surface area contributed by atoms with Crippen LogP contribution in [-0.2, 0) is 13.1 Å². The number of rotatable bonds is 5. The van der Waals surface area contributed by atoms with E-state index in [2.05, 4.69) is 32.7 Å². The van der Waals surface area contributed by atoms with Crippen LogP contribution in [0.3, 0.4) is 0 Å². The number of nitro groups is 1. The molecule has 6 heteroatoms. The molecule has 1 aromatic heterocycles. The molecule has 2 aromatic carbocycles. The maximum atomic E-state index is 10.7. The van der Waals surface area contributed by atoms with E-state index in [0.29, 0.717) is 5.92 Å². The van der Waals surface area contributed by atoms with Crippen molar-refractivity contribution in [2.24, 2.45) is 5.92 Å². The van der Waals surface area contributed by atoms with Crippen LogP contribution in [0.25, 0.3) is 11.0 Å². The van der Waals surface area contributed by atoms with Gasteiger partial charge in [0, 0.05) is 25.2 Å². The minimum absolute atomic E-state index is 0.153. The molecule has 0 unspecified atom stereocenters. The van der Waals surface area contributed by atoms with Crippen molar-refractivity contribution in [1.82, 2.24) is 14.5 Å². The van der Waals surface area contributed by atoms with E-state index in [0.717, 1.165) is 37.3 Å². The largest absolute Gasteiger partial charge is 0.330 e. The van der Waals surface area contributed by atoms with Crippen molar-refractivity contribution < 1.29 is 4.92 Å². The standard InChI is InChI=1S/C20H22N4O2/c25-24(26)18-7-5-16(6-8-18)13-22-11-9-17(10-12-22)14-23-15-21-19-3-1-2-4-20(19)23/h1-8,15,17H,9-14H2. The molecule has 26 heavy (non-hydrogen) atoms. The van der Waals surface area contributed by atoms with Crippen LogP contribution in [-0.4, -0.2) is 32.5 Å². The van der Waals surface area contributed by atoms with Crippen LogP contribution in [0.1, 0.15) is 18.4 Å². The summed E-state index contributed by atoms with van der Waals surface area (Å²) in [4.78, 5) is 17.3. The lowest BCUT2D eigenvalue weighted by Gasteiger charge is -2.32. The van der Waals surface area contributed by atoms with Crippen molar-refractivity contribution in [1.29, 1.82) is 0 Å². The van der Waals surface area contributed by atoms with Gasteiger partial charge in [-0.1, -0.05) is 24.3 Å². The second-order valence-corrected chi connectivity index (χ2v) is 7.03. The van der Waals surface area contributed by atoms with E-state index in [1.54, 1.807) is 12.1 Å². The highest BCUT2D eigenvalue weighted by atomic mass is 16.6. The Balaban J connectivity index is 1.32. The monoisotopic (exact) mass is 350 g/mol. The number of para-hydroxylation sites is 2. The van der Waals surface area contributed by atoms with Crippen LogP contribution in [0.2, 0.25) is 0 Å². The lowest BCUT2D eigenvalue weighted by atomic mass is 9.96. The predicted molar refractivity (Wildman–Crippen MR) is 101 cm³/mol. The van der Waals surface area contributed by atoms with E-state index in [1.165, 1.54) is 18.4 Å². The van der Waals surface area contributed by atoms with Crippen molar-refractivity contribution in [2.45, 2.75) is 25.9 Å². The van der Waals surface area contributed by atoms with Gasteiger partial charge in [0.2, 0.25) is 0 Å². The molecule has 3 aromatic rings. The Morgan fingerprint density at radius 3 is 2.54 bits per heavy atom. The molecular weight excluding hydrogens is 328 g/mol. The molecular formula is C20H22N4O2. The highest BCUT2D eigenvalue weighted by molar-refractivity contribution is 5.74. The first-order valence-corrected chi connectivity index (χ1v) is 9.04. The lowest BCUT2D eigenvalue weighted by molar-refractivity contribution is -0.384. The molecule has 0 amide bonds. The number of benzene rings is 2. The summed E-state index contributed by atoms with van der Waals surface area (Å²) in [5.41, 5.74) is 3.55. The highest BCUT2D eigenvalue weighted by Crippen LogP contribution is 2.23. The first-order chi connectivity index (χ1) is 12.7. The fraction of sp³-hybridized carbons (Fsp3) is 0.350. The SMILES string of the molecule is O=[N+]([O-])c1ccc(CN2CCC(Cn3cnc4ccccc43)CC2)cc1. The molecule has 1 aliphatic rings. The molecule has 0 radical (unpaired) electrons. The van der Waals surface area contributed by atoms with Crippen LogP contribution >= 0.6 is 0 Å². The average Bonchev–Trinajstić information content (AvgIpc) is 3.07. The number of nitrogens with zero attached hydrogens (tertiary/aromatic N) is 4. The molecule has 0 N–H and O–H groups in total. The molecule has 1 saturated heterocycles. The molecule has 0 atom stereocenters. The Labute approximate surface area is 152 Å². The fourth-order valence-corrected chi connectivity index (χ4v) is 3.74. The first kappa shape index (κ1) is 16.7. The van der Waals surface area contributed by atoms with Crippen molar-refractivity contribution in [2.75, 3.05) is 13.1 Å². The molecule has 0 spiro atoms. The van der Waals surface area contributed by atoms with E-state index in [-0.39, 0.29) is 10.6 Å². The molecule has 1 aliphatic heterocycles. The van der Waals surface area contributed by atoms with Gasteiger partial charge in [0.25, 0.3) is 5.69 Å². The molecule has 0 saturated carbocycles. The van der Waals surface area contributed by atoms with E-state index < -0.39 is 0 Å². The molecule has 2 heterocycles. The number of non-ortho nitro benzene ring substituents is 1. The minimum atomic E-state index is -0.352. The minimum Gasteiger partial charge on any atom is -0.330 e. The molecule has 4 rings (SSSR count). The number of piperidine rings is 1. The predicted octanol–water partition coefficient (Wildman–Crippen LogP) is 3.86. The van der Waals surface area contributed by atoms with Gasteiger partial charge in [0.1, 0.15) is 0 Å². The van der Waals surface area contributed by atoms with Gasteiger partial charge in [-0.25, -0.2) is 4.98 Å². The van der Waals surface area contributed by atoms with Crippen molar-refractivity contribution in [3.63, 3.8) is 0 Å². The summed E-state index contributed by atoms with van der Waals surface area (Å²) in [6.07, 6.45) is 4.28. The molecule has 0 bridgehead atoms. The summed E-state index contributed by atoms with van der Waals surface area (Å²) in [5.74, 6) is 0.667. The quantitative estimate of drug-likeness (QED) is 0.518. The van der Waals surface area contributed by atoms with Gasteiger partial charge >= 0.3 is 0 Å². The Bertz CT molecular complexity index is 896. The molecule has 6 nitrogen and oxygen atoms in total. The Kier molecular flexibility index (Phi) is 4.67. The van der Waals surface area contributed by atoms with Crippen LogP contribution in [0.15, 0.2) is 54.9 Å². The number of imidazole rings is 1. The summed E-state index contributed by atoms with van der Waals surface area (Å²) < 4.78 is 2.27. The van der Waals surface area contributed by atoms with E-state index in [4.69, 9.17) is 0 Å². The summed E-state index contributed by atoms with van der Waals surface area (Å²) in [6, 6.07) is 15.2. The van der Waals surface area contributed by atoms with Gasteiger partial charge in [-0.05, 0) is 49.5 Å². The Morgan fingerprint density at radius 1 is 1.08 bits per heavy atom. The number of hydrogen-bond acceptors (Lipinski definition) is 4. The fourth-order valence-electron chi connectivity index (χ4n) is 3.74. The smallest absolute Gasteiger partial charge is 0.269 e. The maximum absolute atomic E-state index is 10.7. The molecule has 1 fully saturated rings. The third kappa shape index (κ3) is 3.60. The lowest BCUT2D eigenvalue weighted by Crippen LogP contribution is -2.34. The molecule has 134 valence electrons. The van der Waals surface area contributed by atoms with Crippen molar-refractivity contribution in [3.05, 3.63) is 70.5 Å². The maximum Gasteiger partial charge on any atom is 0.269 e. The van der Waals surface area contributed by atoms with Crippen molar-refractivity contribution in [3.8, 4) is 0 Å². The van der Waals surface area contributed by atoms with Gasteiger partial charge in [-0.2, -0.15) is 0 Å². The van der Waals surface area contributed by atoms with E-state index >= 15 is 0 Å². The van der Waals surface area contributed by atoms with Gasteiger partial charge in [-0.15, -0.1) is 0 Å². The number of likely N-dealkylation sites (tertiary alicyclic amines) is 1. The highest BCUT2D eigenvalue weighted by Gasteiger charge is 2.20. The summed E-state index contributed by atoms with van der Waals surface area (Å²) in [6.45, 7) is 4.01. The van der Waals surface area contributed by atoms with E-state index in [1.807, 2.05) is 24.5 Å². The second kappa shape index (κ2) is 7.25. The number of hydrogen-bond donors (Lipinski definition) is 0. The van der Waals surface area contributed by atoms with Gasteiger partial charge in [0.05, 0.1) is 22.3 Å². The number of nitro benzene ring substituents is 1. The topological polar surface area (TPSA) is 64.2 Å².